The zero-order valence-electron chi connectivity index (χ0n) is 7.51. The van der Waals surface area contributed by atoms with Crippen LogP contribution in [0.4, 0.5) is 0 Å². The number of hydrogen-bond donors (Lipinski definition) is 0. The molecular formula is C10H11NO. The zero-order valence-corrected chi connectivity index (χ0v) is 7.51. The molecule has 0 fully saturated rings. The zero-order chi connectivity index (χ0) is 9.14. The molecule has 0 atom stereocenters. The predicted octanol–water partition coefficient (Wildman–Crippen LogP) is 2.47. The minimum atomic E-state index is 0.653. The summed E-state index contributed by atoms with van der Waals surface area (Å²) in [4.78, 5) is 0. The Morgan fingerprint density at radius 1 is 1.08 bits per heavy atom. The molecule has 0 aliphatic rings. The van der Waals surface area contributed by atoms with Gasteiger partial charge in [-0.05, 0) is 43.5 Å². The van der Waals surface area contributed by atoms with Crippen molar-refractivity contribution in [2.45, 2.75) is 20.8 Å². The molecule has 2 heteroatoms. The summed E-state index contributed by atoms with van der Waals surface area (Å²) in [7, 11) is 0. The van der Waals surface area contributed by atoms with Crippen LogP contribution < -0.4 is 4.74 Å². The minimum absolute atomic E-state index is 0.653. The molecule has 1 aromatic rings. The molecule has 0 saturated carbocycles. The van der Waals surface area contributed by atoms with E-state index in [-0.39, 0.29) is 0 Å². The number of hydrogen-bond acceptors (Lipinski definition) is 2. The van der Waals surface area contributed by atoms with Crippen LogP contribution in [-0.4, -0.2) is 0 Å². The van der Waals surface area contributed by atoms with E-state index in [0.29, 0.717) is 5.75 Å². The van der Waals surface area contributed by atoms with E-state index in [2.05, 4.69) is 0 Å². The summed E-state index contributed by atoms with van der Waals surface area (Å²) in [5, 5.41) is 8.33. The van der Waals surface area contributed by atoms with Gasteiger partial charge in [0.25, 0.3) is 6.26 Å². The Labute approximate surface area is 72.4 Å². The lowest BCUT2D eigenvalue weighted by Crippen LogP contribution is -1.89. The van der Waals surface area contributed by atoms with Crippen LogP contribution in [0.2, 0.25) is 0 Å². The Kier molecular flexibility index (Phi) is 2.35. The van der Waals surface area contributed by atoms with Crippen molar-refractivity contribution in [1.29, 1.82) is 5.26 Å². The topological polar surface area (TPSA) is 33.0 Å². The molecule has 0 radical (unpaired) electrons. The molecule has 0 N–H and O–H groups in total. The third kappa shape index (κ3) is 1.57. The molecule has 62 valence electrons. The molecular weight excluding hydrogens is 150 g/mol. The molecule has 0 unspecified atom stereocenters. The van der Waals surface area contributed by atoms with Gasteiger partial charge in [0, 0.05) is 0 Å². The van der Waals surface area contributed by atoms with E-state index in [0.717, 1.165) is 11.1 Å². The van der Waals surface area contributed by atoms with Gasteiger partial charge in [-0.15, -0.1) is 5.26 Å². The summed E-state index contributed by atoms with van der Waals surface area (Å²) in [5.41, 5.74) is 3.36. The fourth-order valence-corrected chi connectivity index (χ4v) is 1.09. The monoisotopic (exact) mass is 161 g/mol. The second-order valence-electron chi connectivity index (χ2n) is 2.90. The van der Waals surface area contributed by atoms with E-state index in [9.17, 15) is 0 Å². The summed E-state index contributed by atoms with van der Waals surface area (Å²) < 4.78 is 4.78. The molecule has 0 heterocycles. The summed E-state index contributed by atoms with van der Waals surface area (Å²) >= 11 is 0. The van der Waals surface area contributed by atoms with Crippen LogP contribution in [0.5, 0.6) is 5.75 Å². The van der Waals surface area contributed by atoms with Crippen LogP contribution >= 0.6 is 0 Å². The Morgan fingerprint density at radius 2 is 1.67 bits per heavy atom. The van der Waals surface area contributed by atoms with Crippen LogP contribution in [0.3, 0.4) is 0 Å². The van der Waals surface area contributed by atoms with E-state index in [4.69, 9.17) is 10.00 Å². The highest BCUT2D eigenvalue weighted by Gasteiger charge is 2.01. The van der Waals surface area contributed by atoms with Crippen molar-refractivity contribution in [3.63, 3.8) is 0 Å². The highest BCUT2D eigenvalue weighted by molar-refractivity contribution is 5.41. The molecule has 1 rings (SSSR count). The third-order valence-electron chi connectivity index (χ3n) is 1.95. The van der Waals surface area contributed by atoms with Crippen molar-refractivity contribution in [3.8, 4) is 12.0 Å². The van der Waals surface area contributed by atoms with Crippen molar-refractivity contribution in [1.82, 2.24) is 0 Å². The molecule has 12 heavy (non-hydrogen) atoms. The van der Waals surface area contributed by atoms with Gasteiger partial charge in [0.2, 0.25) is 0 Å². The molecule has 2 nitrogen and oxygen atoms in total. The number of nitrogens with zero attached hydrogens (tertiary/aromatic N) is 1. The average Bonchev–Trinajstić information content (AvgIpc) is 2.01. The van der Waals surface area contributed by atoms with Gasteiger partial charge in [-0.25, -0.2) is 0 Å². The van der Waals surface area contributed by atoms with Crippen molar-refractivity contribution < 1.29 is 4.74 Å². The lowest BCUT2D eigenvalue weighted by molar-refractivity contribution is 0.502. The van der Waals surface area contributed by atoms with Crippen LogP contribution in [0.25, 0.3) is 0 Å². The quantitative estimate of drug-likeness (QED) is 0.593. The van der Waals surface area contributed by atoms with E-state index in [1.165, 1.54) is 5.56 Å². The lowest BCUT2D eigenvalue weighted by Gasteiger charge is -2.05. The largest absolute Gasteiger partial charge is 0.388 e. The van der Waals surface area contributed by atoms with Gasteiger partial charge in [-0.2, -0.15) is 0 Å². The first-order valence-electron chi connectivity index (χ1n) is 3.79. The summed E-state index contributed by atoms with van der Waals surface area (Å²) in [6.07, 6.45) is 1.67. The molecule has 0 aliphatic heterocycles. The molecule has 0 amide bonds. The molecule has 0 aromatic heterocycles. The smallest absolute Gasteiger partial charge is 0.292 e. The van der Waals surface area contributed by atoms with E-state index < -0.39 is 0 Å². The highest BCUT2D eigenvalue weighted by Crippen LogP contribution is 2.21. The Hall–Kier alpha value is -1.49. The molecule has 0 saturated heterocycles. The third-order valence-corrected chi connectivity index (χ3v) is 1.95. The van der Waals surface area contributed by atoms with Gasteiger partial charge in [0.15, 0.2) is 0 Å². The number of nitriles is 1. The second kappa shape index (κ2) is 3.27. The predicted molar refractivity (Wildman–Crippen MR) is 46.9 cm³/mol. The first-order chi connectivity index (χ1) is 5.65. The van der Waals surface area contributed by atoms with E-state index >= 15 is 0 Å². The second-order valence-corrected chi connectivity index (χ2v) is 2.90. The van der Waals surface area contributed by atoms with Crippen molar-refractivity contribution in [3.05, 3.63) is 28.8 Å². The van der Waals surface area contributed by atoms with Gasteiger partial charge in [0.1, 0.15) is 5.75 Å². The summed E-state index contributed by atoms with van der Waals surface area (Å²) in [6.45, 7) is 5.97. The number of aryl methyl sites for hydroxylation is 3. The minimum Gasteiger partial charge on any atom is -0.388 e. The maximum absolute atomic E-state index is 8.33. The Balaban J connectivity index is 3.16. The molecule has 0 aliphatic carbocycles. The fraction of sp³-hybridized carbons (Fsp3) is 0.300. The molecule has 0 bridgehead atoms. The fourth-order valence-electron chi connectivity index (χ4n) is 1.09. The average molecular weight is 161 g/mol. The first kappa shape index (κ1) is 8.61. The summed E-state index contributed by atoms with van der Waals surface area (Å²) in [5.74, 6) is 0.653. The van der Waals surface area contributed by atoms with Crippen molar-refractivity contribution >= 4 is 0 Å². The van der Waals surface area contributed by atoms with Gasteiger partial charge in [-0.1, -0.05) is 6.07 Å². The van der Waals surface area contributed by atoms with E-state index in [1.54, 1.807) is 6.26 Å². The molecule has 1 aromatic carbocycles. The SMILES string of the molecule is Cc1cc(C)c(OC#N)cc1C. The van der Waals surface area contributed by atoms with Gasteiger partial charge >= 0.3 is 0 Å². The van der Waals surface area contributed by atoms with Crippen molar-refractivity contribution in [2.24, 2.45) is 0 Å². The lowest BCUT2D eigenvalue weighted by atomic mass is 10.1. The van der Waals surface area contributed by atoms with E-state index in [1.807, 2.05) is 32.9 Å². The van der Waals surface area contributed by atoms with Crippen LogP contribution in [0.1, 0.15) is 16.7 Å². The Bertz CT molecular complexity index is 336. The maximum atomic E-state index is 8.33. The van der Waals surface area contributed by atoms with Crippen LogP contribution in [0, 0.1) is 32.3 Å². The first-order valence-corrected chi connectivity index (χ1v) is 3.79. The molecule has 0 spiro atoms. The van der Waals surface area contributed by atoms with Gasteiger partial charge in [-0.3, -0.25) is 0 Å². The van der Waals surface area contributed by atoms with Crippen molar-refractivity contribution in [2.75, 3.05) is 0 Å². The standard InChI is InChI=1S/C10H11NO/c1-7-4-9(3)10(12-6-11)5-8(7)2/h4-5H,1-3H3. The summed E-state index contributed by atoms with van der Waals surface area (Å²) in [6, 6.07) is 3.90. The van der Waals surface area contributed by atoms with Crippen LogP contribution in [-0.2, 0) is 0 Å². The van der Waals surface area contributed by atoms with Crippen LogP contribution in [0.15, 0.2) is 12.1 Å². The number of benzene rings is 1. The normalized spacial score (nSPS) is 9.17. The maximum Gasteiger partial charge on any atom is 0.292 e. The van der Waals surface area contributed by atoms with Gasteiger partial charge in [0.05, 0.1) is 0 Å². The number of ether oxygens (including phenoxy) is 1. The highest BCUT2D eigenvalue weighted by atomic mass is 16.5. The van der Waals surface area contributed by atoms with Gasteiger partial charge < -0.3 is 4.74 Å². The Morgan fingerprint density at radius 3 is 2.25 bits per heavy atom. The number of rotatable bonds is 1.